The molecule has 1 aromatic heterocycles. The van der Waals surface area contributed by atoms with Crippen LogP contribution in [0.2, 0.25) is 0 Å². The van der Waals surface area contributed by atoms with Crippen LogP contribution in [-0.2, 0) is 16.8 Å². The summed E-state index contributed by atoms with van der Waals surface area (Å²) in [5.41, 5.74) is 5.93. The molecular weight excluding hydrogens is 292 g/mol. The summed E-state index contributed by atoms with van der Waals surface area (Å²) in [4.78, 5) is 16.7. The summed E-state index contributed by atoms with van der Waals surface area (Å²) in [6.45, 7) is 1.98. The summed E-state index contributed by atoms with van der Waals surface area (Å²) in [7, 11) is 0. The molecule has 6 nitrogen and oxygen atoms in total. The molecule has 0 spiro atoms. The van der Waals surface area contributed by atoms with Crippen LogP contribution < -0.4 is 11.1 Å². The van der Waals surface area contributed by atoms with Gasteiger partial charge in [0.05, 0.1) is 5.54 Å². The highest BCUT2D eigenvalue weighted by Gasteiger charge is 2.36. The second-order valence-corrected chi connectivity index (χ2v) is 7.32. The molecule has 3 N–H and O–H groups in total. The molecule has 1 aromatic rings. The van der Waals surface area contributed by atoms with Crippen molar-refractivity contribution in [3.8, 4) is 0 Å². The van der Waals surface area contributed by atoms with Crippen LogP contribution >= 0.6 is 0 Å². The highest BCUT2D eigenvalue weighted by molar-refractivity contribution is 5.78. The minimum atomic E-state index is -0.420. The van der Waals surface area contributed by atoms with Crippen molar-refractivity contribution in [2.24, 2.45) is 11.7 Å². The molecule has 1 atom stereocenters. The van der Waals surface area contributed by atoms with Gasteiger partial charge in [0.25, 0.3) is 0 Å². The molecule has 128 valence electrons. The molecule has 0 saturated heterocycles. The van der Waals surface area contributed by atoms with Crippen molar-refractivity contribution in [3.05, 3.63) is 11.7 Å². The predicted molar refractivity (Wildman–Crippen MR) is 86.5 cm³/mol. The van der Waals surface area contributed by atoms with Gasteiger partial charge < -0.3 is 15.6 Å². The summed E-state index contributed by atoms with van der Waals surface area (Å²) >= 11 is 0. The lowest BCUT2D eigenvalue weighted by molar-refractivity contribution is -0.126. The van der Waals surface area contributed by atoms with Gasteiger partial charge >= 0.3 is 0 Å². The van der Waals surface area contributed by atoms with Gasteiger partial charge in [-0.3, -0.25) is 4.79 Å². The van der Waals surface area contributed by atoms with Crippen molar-refractivity contribution in [1.82, 2.24) is 15.5 Å². The molecule has 1 amide bonds. The van der Waals surface area contributed by atoms with Gasteiger partial charge in [-0.25, -0.2) is 0 Å². The molecule has 1 unspecified atom stereocenters. The molecule has 2 saturated carbocycles. The first kappa shape index (κ1) is 16.4. The maximum Gasteiger partial charge on any atom is 0.228 e. The van der Waals surface area contributed by atoms with Crippen LogP contribution in [0.15, 0.2) is 4.52 Å². The van der Waals surface area contributed by atoms with Gasteiger partial charge in [-0.2, -0.15) is 4.98 Å². The average Bonchev–Trinajstić information content (AvgIpc) is 3.18. The maximum absolute atomic E-state index is 12.3. The number of nitrogens with two attached hydrogens (primary N) is 1. The van der Waals surface area contributed by atoms with Gasteiger partial charge in [-0.15, -0.1) is 0 Å². The molecule has 2 aliphatic carbocycles. The molecule has 0 radical (unpaired) electrons. The van der Waals surface area contributed by atoms with Crippen LogP contribution in [0.25, 0.3) is 0 Å². The van der Waals surface area contributed by atoms with E-state index in [1.807, 2.05) is 6.92 Å². The molecule has 0 aliphatic heterocycles. The van der Waals surface area contributed by atoms with E-state index < -0.39 is 5.54 Å². The largest absolute Gasteiger partial charge is 0.353 e. The van der Waals surface area contributed by atoms with Gasteiger partial charge in [-0.1, -0.05) is 37.3 Å². The second kappa shape index (κ2) is 6.99. The quantitative estimate of drug-likeness (QED) is 0.869. The van der Waals surface area contributed by atoms with Crippen LogP contribution in [0.4, 0.5) is 0 Å². The monoisotopic (exact) mass is 320 g/mol. The fourth-order valence-electron chi connectivity index (χ4n) is 3.81. The van der Waals surface area contributed by atoms with Gasteiger partial charge in [0.15, 0.2) is 5.82 Å². The molecule has 0 aromatic carbocycles. The molecular formula is C17H28N4O2. The van der Waals surface area contributed by atoms with Crippen LogP contribution in [-0.4, -0.2) is 22.1 Å². The van der Waals surface area contributed by atoms with Gasteiger partial charge in [0.1, 0.15) is 0 Å². The minimum Gasteiger partial charge on any atom is -0.353 e. The number of rotatable bonds is 5. The Morgan fingerprint density at radius 2 is 2.00 bits per heavy atom. The predicted octanol–water partition coefficient (Wildman–Crippen LogP) is 2.43. The lowest BCUT2D eigenvalue weighted by atomic mass is 9.88. The molecule has 6 heteroatoms. The first-order valence-corrected chi connectivity index (χ1v) is 8.99. The summed E-state index contributed by atoms with van der Waals surface area (Å²) in [6, 6.07) is -0.00460. The Kier molecular flexibility index (Phi) is 4.99. The van der Waals surface area contributed by atoms with Crippen molar-refractivity contribution in [2.75, 3.05) is 0 Å². The summed E-state index contributed by atoms with van der Waals surface area (Å²) in [6.07, 6.45) is 10.2. The standard InChI is InChI=1S/C17H28N4O2/c1-12(19-15(22)13-7-3-2-4-8-13)11-14-20-16(21-23-14)17(18)9-5-6-10-17/h12-13H,2-11,18H2,1H3,(H,19,22). The van der Waals surface area contributed by atoms with Crippen molar-refractivity contribution >= 4 is 5.91 Å². The lowest BCUT2D eigenvalue weighted by Gasteiger charge is -2.22. The molecule has 23 heavy (non-hydrogen) atoms. The van der Waals surface area contributed by atoms with Crippen molar-refractivity contribution in [1.29, 1.82) is 0 Å². The molecule has 3 rings (SSSR count). The van der Waals surface area contributed by atoms with Gasteiger partial charge in [0.2, 0.25) is 11.8 Å². The van der Waals surface area contributed by atoms with E-state index in [0.29, 0.717) is 18.1 Å². The third-order valence-corrected chi connectivity index (χ3v) is 5.25. The van der Waals surface area contributed by atoms with Crippen LogP contribution in [0.3, 0.4) is 0 Å². The van der Waals surface area contributed by atoms with E-state index in [0.717, 1.165) is 51.4 Å². The number of nitrogens with one attached hydrogen (secondary N) is 1. The van der Waals surface area contributed by atoms with E-state index in [2.05, 4.69) is 15.5 Å². The van der Waals surface area contributed by atoms with Crippen molar-refractivity contribution in [2.45, 2.75) is 82.7 Å². The fraction of sp³-hybridized carbons (Fsp3) is 0.824. The molecule has 2 fully saturated rings. The van der Waals surface area contributed by atoms with Gasteiger partial charge in [-0.05, 0) is 32.6 Å². The summed E-state index contributed by atoms with van der Waals surface area (Å²) < 4.78 is 5.35. The van der Waals surface area contributed by atoms with Crippen LogP contribution in [0.5, 0.6) is 0 Å². The topological polar surface area (TPSA) is 94.0 Å². The number of carbonyl (C=O) groups is 1. The van der Waals surface area contributed by atoms with Crippen molar-refractivity contribution in [3.63, 3.8) is 0 Å². The zero-order valence-corrected chi connectivity index (χ0v) is 14.0. The van der Waals surface area contributed by atoms with Crippen molar-refractivity contribution < 1.29 is 9.32 Å². The Morgan fingerprint density at radius 1 is 1.30 bits per heavy atom. The minimum absolute atomic E-state index is 0.00460. The highest BCUT2D eigenvalue weighted by Crippen LogP contribution is 2.34. The highest BCUT2D eigenvalue weighted by atomic mass is 16.5. The first-order chi connectivity index (χ1) is 11.1. The second-order valence-electron chi connectivity index (χ2n) is 7.32. The SMILES string of the molecule is CC(Cc1nc(C2(N)CCCC2)no1)NC(=O)C1CCCCC1. The fourth-order valence-corrected chi connectivity index (χ4v) is 3.81. The first-order valence-electron chi connectivity index (χ1n) is 8.99. The van der Waals surface area contributed by atoms with E-state index in [9.17, 15) is 4.79 Å². The van der Waals surface area contributed by atoms with E-state index in [4.69, 9.17) is 10.3 Å². The Labute approximate surface area is 137 Å². The Morgan fingerprint density at radius 3 is 2.70 bits per heavy atom. The number of hydrogen-bond donors (Lipinski definition) is 2. The Hall–Kier alpha value is -1.43. The van der Waals surface area contributed by atoms with E-state index >= 15 is 0 Å². The number of hydrogen-bond acceptors (Lipinski definition) is 5. The van der Waals surface area contributed by atoms with E-state index in [1.165, 1.54) is 6.42 Å². The zero-order chi connectivity index (χ0) is 16.3. The Balaban J connectivity index is 1.52. The zero-order valence-electron chi connectivity index (χ0n) is 14.0. The van der Waals surface area contributed by atoms with Crippen LogP contribution in [0.1, 0.15) is 76.4 Å². The van der Waals surface area contributed by atoms with E-state index in [-0.39, 0.29) is 17.9 Å². The third kappa shape index (κ3) is 3.91. The van der Waals surface area contributed by atoms with E-state index in [1.54, 1.807) is 0 Å². The maximum atomic E-state index is 12.3. The molecule has 2 aliphatic rings. The third-order valence-electron chi connectivity index (χ3n) is 5.25. The normalized spacial score (nSPS) is 22.9. The van der Waals surface area contributed by atoms with Gasteiger partial charge in [0, 0.05) is 18.4 Å². The number of nitrogens with zero attached hydrogens (tertiary/aromatic N) is 2. The van der Waals surface area contributed by atoms with Crippen LogP contribution in [0, 0.1) is 5.92 Å². The molecule has 1 heterocycles. The summed E-state index contributed by atoms with van der Waals surface area (Å²) in [5, 5.41) is 7.16. The summed E-state index contributed by atoms with van der Waals surface area (Å²) in [5.74, 6) is 1.53. The lowest BCUT2D eigenvalue weighted by Crippen LogP contribution is -2.39. The Bertz CT molecular complexity index is 530. The number of aromatic nitrogens is 2. The smallest absolute Gasteiger partial charge is 0.228 e. The number of amides is 1. The number of carbonyl (C=O) groups excluding carboxylic acids is 1. The molecule has 0 bridgehead atoms. The average molecular weight is 320 g/mol.